The molecule has 13 heavy (non-hydrogen) atoms. The van der Waals surface area contributed by atoms with Crippen molar-refractivity contribution < 1.29 is 4.74 Å². The maximum atomic E-state index is 5.58. The maximum absolute atomic E-state index is 5.58. The summed E-state index contributed by atoms with van der Waals surface area (Å²) in [5, 5.41) is 7.29. The highest BCUT2D eigenvalue weighted by molar-refractivity contribution is 5.31. The van der Waals surface area contributed by atoms with Crippen LogP contribution in [0, 0.1) is 13.8 Å². The third kappa shape index (κ3) is 2.21. The molecule has 0 atom stereocenters. The number of hydrogen-bond acceptors (Lipinski definition) is 3. The van der Waals surface area contributed by atoms with Gasteiger partial charge in [0.25, 0.3) is 0 Å². The number of nitrogens with zero attached hydrogens (tertiary/aromatic N) is 2. The summed E-state index contributed by atoms with van der Waals surface area (Å²) in [7, 11) is 3.83. The van der Waals surface area contributed by atoms with Gasteiger partial charge in [0.1, 0.15) is 12.3 Å². The minimum absolute atomic E-state index is 0.684. The quantitative estimate of drug-likeness (QED) is 0.696. The van der Waals surface area contributed by atoms with Crippen LogP contribution in [0.3, 0.4) is 0 Å². The molecule has 0 aliphatic carbocycles. The van der Waals surface area contributed by atoms with E-state index in [0.29, 0.717) is 6.61 Å². The molecule has 74 valence electrons. The molecule has 0 bridgehead atoms. The van der Waals surface area contributed by atoms with Crippen LogP contribution in [-0.2, 0) is 7.05 Å². The topological polar surface area (TPSA) is 39.1 Å². The zero-order valence-electron chi connectivity index (χ0n) is 8.72. The molecule has 0 aliphatic rings. The largest absolute Gasteiger partial charge is 0.488 e. The van der Waals surface area contributed by atoms with Crippen LogP contribution in [0.15, 0.2) is 0 Å². The van der Waals surface area contributed by atoms with Gasteiger partial charge >= 0.3 is 0 Å². The van der Waals surface area contributed by atoms with Crippen molar-refractivity contribution in [3.05, 3.63) is 11.4 Å². The molecular weight excluding hydrogens is 166 g/mol. The molecule has 0 aromatic carbocycles. The first kappa shape index (κ1) is 10.1. The second kappa shape index (κ2) is 4.28. The Morgan fingerprint density at radius 1 is 1.46 bits per heavy atom. The number of hydrogen-bond donors (Lipinski definition) is 1. The summed E-state index contributed by atoms with van der Waals surface area (Å²) in [6.07, 6.45) is 0. The molecule has 1 aromatic heterocycles. The van der Waals surface area contributed by atoms with Gasteiger partial charge in [-0.15, -0.1) is 0 Å². The first-order valence-corrected chi connectivity index (χ1v) is 4.44. The number of ether oxygens (including phenoxy) is 1. The van der Waals surface area contributed by atoms with Gasteiger partial charge in [-0.2, -0.15) is 5.10 Å². The van der Waals surface area contributed by atoms with Crippen molar-refractivity contribution in [2.24, 2.45) is 7.05 Å². The number of rotatable bonds is 4. The molecule has 0 amide bonds. The lowest BCUT2D eigenvalue weighted by Gasteiger charge is -2.05. The van der Waals surface area contributed by atoms with Gasteiger partial charge in [-0.05, 0) is 20.9 Å². The van der Waals surface area contributed by atoms with E-state index in [1.165, 1.54) is 0 Å². The summed E-state index contributed by atoms with van der Waals surface area (Å²) in [4.78, 5) is 0. The fraction of sp³-hybridized carbons (Fsp3) is 0.667. The molecule has 1 aromatic rings. The maximum Gasteiger partial charge on any atom is 0.163 e. The fourth-order valence-electron chi connectivity index (χ4n) is 1.22. The van der Waals surface area contributed by atoms with Gasteiger partial charge in [0.2, 0.25) is 0 Å². The van der Waals surface area contributed by atoms with Crippen molar-refractivity contribution >= 4 is 0 Å². The molecule has 0 radical (unpaired) electrons. The van der Waals surface area contributed by atoms with Crippen LogP contribution in [0.1, 0.15) is 11.4 Å². The zero-order chi connectivity index (χ0) is 9.84. The standard InChI is InChI=1S/C9H17N3O/c1-7-9(13-6-5-10-3)8(2)12(4)11-7/h10H,5-6H2,1-4H3. The summed E-state index contributed by atoms with van der Waals surface area (Å²) >= 11 is 0. The lowest BCUT2D eigenvalue weighted by atomic mass is 10.3. The highest BCUT2D eigenvalue weighted by atomic mass is 16.5. The number of nitrogens with one attached hydrogen (secondary N) is 1. The minimum Gasteiger partial charge on any atom is -0.488 e. The van der Waals surface area contributed by atoms with Crippen molar-refractivity contribution in [2.75, 3.05) is 20.2 Å². The molecule has 0 fully saturated rings. The average Bonchev–Trinajstić information content (AvgIpc) is 2.32. The van der Waals surface area contributed by atoms with Crippen molar-refractivity contribution in [1.82, 2.24) is 15.1 Å². The van der Waals surface area contributed by atoms with Crippen molar-refractivity contribution in [3.8, 4) is 5.75 Å². The first-order valence-electron chi connectivity index (χ1n) is 4.44. The summed E-state index contributed by atoms with van der Waals surface area (Å²) in [6.45, 7) is 5.51. The average molecular weight is 183 g/mol. The van der Waals surface area contributed by atoms with Gasteiger partial charge in [-0.25, -0.2) is 0 Å². The van der Waals surface area contributed by atoms with Gasteiger partial charge in [0, 0.05) is 13.6 Å². The smallest absolute Gasteiger partial charge is 0.163 e. The summed E-state index contributed by atoms with van der Waals surface area (Å²) in [5.74, 6) is 0.915. The second-order valence-electron chi connectivity index (χ2n) is 3.08. The number of aromatic nitrogens is 2. The molecule has 0 spiro atoms. The van der Waals surface area contributed by atoms with Crippen LogP contribution in [0.25, 0.3) is 0 Å². The first-order chi connectivity index (χ1) is 6.16. The van der Waals surface area contributed by atoms with E-state index in [-0.39, 0.29) is 0 Å². The van der Waals surface area contributed by atoms with Crippen LogP contribution >= 0.6 is 0 Å². The normalized spacial score (nSPS) is 10.5. The van der Waals surface area contributed by atoms with Crippen LogP contribution in [0.5, 0.6) is 5.75 Å². The number of likely N-dealkylation sites (N-methyl/N-ethyl adjacent to an activating group) is 1. The predicted molar refractivity (Wildman–Crippen MR) is 52.1 cm³/mol. The SMILES string of the molecule is CNCCOc1c(C)nn(C)c1C. The van der Waals surface area contributed by atoms with Crippen molar-refractivity contribution in [3.63, 3.8) is 0 Å². The summed E-state index contributed by atoms with van der Waals surface area (Å²) in [6, 6.07) is 0. The molecular formula is C9H17N3O. The van der Waals surface area contributed by atoms with Crippen LogP contribution in [0.2, 0.25) is 0 Å². The predicted octanol–water partition coefficient (Wildman–Crippen LogP) is 0.635. The van der Waals surface area contributed by atoms with E-state index in [1.54, 1.807) is 0 Å². The molecule has 0 unspecified atom stereocenters. The monoisotopic (exact) mass is 183 g/mol. The Balaban J connectivity index is 2.64. The van der Waals surface area contributed by atoms with Gasteiger partial charge in [0.05, 0.1) is 5.69 Å². The minimum atomic E-state index is 0.684. The van der Waals surface area contributed by atoms with Crippen LogP contribution in [0.4, 0.5) is 0 Å². The lowest BCUT2D eigenvalue weighted by molar-refractivity contribution is 0.314. The molecule has 1 N–H and O–H groups in total. The van der Waals surface area contributed by atoms with Gasteiger partial charge in [0.15, 0.2) is 5.75 Å². The van der Waals surface area contributed by atoms with Crippen LogP contribution < -0.4 is 10.1 Å². The zero-order valence-corrected chi connectivity index (χ0v) is 8.72. The van der Waals surface area contributed by atoms with Crippen LogP contribution in [-0.4, -0.2) is 30.0 Å². The fourth-order valence-corrected chi connectivity index (χ4v) is 1.22. The molecule has 1 rings (SSSR count). The molecule has 4 nitrogen and oxygen atoms in total. The third-order valence-electron chi connectivity index (χ3n) is 2.04. The van der Waals surface area contributed by atoms with E-state index in [4.69, 9.17) is 4.74 Å². The lowest BCUT2D eigenvalue weighted by Crippen LogP contribution is -2.16. The Morgan fingerprint density at radius 3 is 2.62 bits per heavy atom. The molecule has 0 aliphatic heterocycles. The Kier molecular flexibility index (Phi) is 3.31. The van der Waals surface area contributed by atoms with E-state index >= 15 is 0 Å². The summed E-state index contributed by atoms with van der Waals surface area (Å²) in [5.41, 5.74) is 2.03. The second-order valence-corrected chi connectivity index (χ2v) is 3.08. The van der Waals surface area contributed by atoms with Crippen molar-refractivity contribution in [1.29, 1.82) is 0 Å². The molecule has 0 saturated carbocycles. The highest BCUT2D eigenvalue weighted by Crippen LogP contribution is 2.20. The molecule has 1 heterocycles. The molecule has 0 saturated heterocycles. The third-order valence-corrected chi connectivity index (χ3v) is 2.04. The van der Waals surface area contributed by atoms with E-state index in [2.05, 4.69) is 10.4 Å². The van der Waals surface area contributed by atoms with Gasteiger partial charge in [-0.1, -0.05) is 0 Å². The highest BCUT2D eigenvalue weighted by Gasteiger charge is 2.09. The van der Waals surface area contributed by atoms with E-state index < -0.39 is 0 Å². The molecule has 4 heteroatoms. The number of aryl methyl sites for hydroxylation is 2. The van der Waals surface area contributed by atoms with E-state index in [9.17, 15) is 0 Å². The Bertz CT molecular complexity index is 281. The van der Waals surface area contributed by atoms with Gasteiger partial charge < -0.3 is 10.1 Å². The van der Waals surface area contributed by atoms with Crippen molar-refractivity contribution in [2.45, 2.75) is 13.8 Å². The summed E-state index contributed by atoms with van der Waals surface area (Å²) < 4.78 is 7.42. The Morgan fingerprint density at radius 2 is 2.15 bits per heavy atom. The van der Waals surface area contributed by atoms with Gasteiger partial charge in [-0.3, -0.25) is 4.68 Å². The Hall–Kier alpha value is -1.03. The van der Waals surface area contributed by atoms with E-state index in [0.717, 1.165) is 23.7 Å². The van der Waals surface area contributed by atoms with E-state index in [1.807, 2.05) is 32.6 Å². The Labute approximate surface area is 78.9 Å².